The van der Waals surface area contributed by atoms with Crippen LogP contribution in [0.1, 0.15) is 5.56 Å². The molecule has 0 radical (unpaired) electrons. The molecule has 0 spiro atoms. The Bertz CT molecular complexity index is 1050. The lowest BCUT2D eigenvalue weighted by atomic mass is 10.2. The zero-order valence-corrected chi connectivity index (χ0v) is 15.8. The topological polar surface area (TPSA) is 62.7 Å². The molecule has 2 aromatic carbocycles. The van der Waals surface area contributed by atoms with Crippen LogP contribution in [0.4, 0.5) is 17.3 Å². The lowest BCUT2D eigenvalue weighted by molar-refractivity contribution is 1.08. The number of hydrogen-bond acceptors (Lipinski definition) is 5. The Labute approximate surface area is 168 Å². The van der Waals surface area contributed by atoms with Gasteiger partial charge in [0, 0.05) is 41.3 Å². The van der Waals surface area contributed by atoms with Crippen LogP contribution in [0.15, 0.2) is 85.2 Å². The van der Waals surface area contributed by atoms with Gasteiger partial charge in [-0.15, -0.1) is 0 Å². The Kier molecular flexibility index (Phi) is 5.45. The number of aromatic nitrogens is 3. The predicted octanol–water partition coefficient (Wildman–Crippen LogP) is 5.55. The Morgan fingerprint density at radius 2 is 1.57 bits per heavy atom. The molecule has 0 atom stereocenters. The molecule has 6 heteroatoms. The molecule has 28 heavy (non-hydrogen) atoms. The van der Waals surface area contributed by atoms with Gasteiger partial charge in [0.25, 0.3) is 0 Å². The number of rotatable bonds is 6. The Hall–Kier alpha value is -3.44. The molecule has 138 valence electrons. The fourth-order valence-corrected chi connectivity index (χ4v) is 2.92. The minimum atomic E-state index is 0.643. The van der Waals surface area contributed by atoms with E-state index in [4.69, 9.17) is 11.6 Å². The average molecular weight is 388 g/mol. The fourth-order valence-electron chi connectivity index (χ4n) is 2.73. The standard InChI is InChI=1S/C22H18ClN5/c23-18-7-4-8-19(13-18)26-21-14-20(25-15-16-9-11-24-12-10-16)27-22(28-21)17-5-2-1-3-6-17/h1-14H,15H2,(H2,25,26,27,28). The van der Waals surface area contributed by atoms with E-state index < -0.39 is 0 Å². The second-order valence-electron chi connectivity index (χ2n) is 6.17. The molecule has 0 bridgehead atoms. The van der Waals surface area contributed by atoms with E-state index in [1.165, 1.54) is 0 Å². The first-order valence-electron chi connectivity index (χ1n) is 8.86. The molecule has 2 N–H and O–H groups in total. The van der Waals surface area contributed by atoms with Crippen LogP contribution in [0, 0.1) is 0 Å². The van der Waals surface area contributed by atoms with Gasteiger partial charge in [-0.05, 0) is 35.9 Å². The van der Waals surface area contributed by atoms with Crippen LogP contribution in [0.5, 0.6) is 0 Å². The number of halogens is 1. The zero-order valence-electron chi connectivity index (χ0n) is 15.0. The summed E-state index contributed by atoms with van der Waals surface area (Å²) in [6, 6.07) is 23.3. The van der Waals surface area contributed by atoms with Gasteiger partial charge < -0.3 is 10.6 Å². The lowest BCUT2D eigenvalue weighted by Crippen LogP contribution is -2.05. The maximum atomic E-state index is 6.10. The Morgan fingerprint density at radius 3 is 2.36 bits per heavy atom. The zero-order chi connectivity index (χ0) is 19.2. The predicted molar refractivity (Wildman–Crippen MR) is 114 cm³/mol. The van der Waals surface area contributed by atoms with Gasteiger partial charge in [0.1, 0.15) is 11.6 Å². The monoisotopic (exact) mass is 387 g/mol. The van der Waals surface area contributed by atoms with Crippen LogP contribution >= 0.6 is 11.6 Å². The maximum Gasteiger partial charge on any atom is 0.163 e. The molecule has 0 amide bonds. The molecule has 0 fully saturated rings. The fraction of sp³-hybridized carbons (Fsp3) is 0.0455. The van der Waals surface area contributed by atoms with Crippen molar-refractivity contribution >= 4 is 28.9 Å². The number of pyridine rings is 1. The molecular weight excluding hydrogens is 370 g/mol. The minimum absolute atomic E-state index is 0.643. The van der Waals surface area contributed by atoms with Crippen molar-refractivity contribution in [3.8, 4) is 11.4 Å². The molecule has 0 unspecified atom stereocenters. The summed E-state index contributed by atoms with van der Waals surface area (Å²) in [5, 5.41) is 7.34. The van der Waals surface area contributed by atoms with E-state index in [0.717, 1.165) is 22.6 Å². The van der Waals surface area contributed by atoms with Crippen LogP contribution in [-0.2, 0) is 6.54 Å². The highest BCUT2D eigenvalue weighted by molar-refractivity contribution is 6.30. The molecule has 4 aromatic rings. The van der Waals surface area contributed by atoms with Crippen LogP contribution in [0.3, 0.4) is 0 Å². The van der Waals surface area contributed by atoms with Gasteiger partial charge in [0.2, 0.25) is 0 Å². The minimum Gasteiger partial charge on any atom is -0.366 e. The van der Waals surface area contributed by atoms with Crippen LogP contribution < -0.4 is 10.6 Å². The third-order valence-corrected chi connectivity index (χ3v) is 4.31. The highest BCUT2D eigenvalue weighted by Gasteiger charge is 2.08. The normalized spacial score (nSPS) is 10.5. The Morgan fingerprint density at radius 1 is 0.786 bits per heavy atom. The molecule has 0 aliphatic heterocycles. The number of hydrogen-bond donors (Lipinski definition) is 2. The van der Waals surface area contributed by atoms with Gasteiger partial charge in [-0.25, -0.2) is 9.97 Å². The van der Waals surface area contributed by atoms with Gasteiger partial charge >= 0.3 is 0 Å². The quantitative estimate of drug-likeness (QED) is 0.454. The van der Waals surface area contributed by atoms with E-state index in [-0.39, 0.29) is 0 Å². The second-order valence-corrected chi connectivity index (χ2v) is 6.61. The van der Waals surface area contributed by atoms with E-state index in [1.54, 1.807) is 12.4 Å². The molecule has 2 heterocycles. The third-order valence-electron chi connectivity index (χ3n) is 4.08. The molecule has 0 aliphatic rings. The summed E-state index contributed by atoms with van der Waals surface area (Å²) in [7, 11) is 0. The van der Waals surface area contributed by atoms with Crippen molar-refractivity contribution in [3.05, 3.63) is 95.8 Å². The number of anilines is 3. The molecule has 2 aromatic heterocycles. The van der Waals surface area contributed by atoms with Crippen LogP contribution in [0.2, 0.25) is 5.02 Å². The maximum absolute atomic E-state index is 6.10. The van der Waals surface area contributed by atoms with E-state index in [0.29, 0.717) is 23.2 Å². The first-order chi connectivity index (χ1) is 13.8. The third kappa shape index (κ3) is 4.64. The molecular formula is C22H18ClN5. The van der Waals surface area contributed by atoms with Crippen LogP contribution in [-0.4, -0.2) is 15.0 Å². The van der Waals surface area contributed by atoms with Crippen LogP contribution in [0.25, 0.3) is 11.4 Å². The van der Waals surface area contributed by atoms with E-state index in [2.05, 4.69) is 25.6 Å². The molecule has 0 saturated carbocycles. The van der Waals surface area contributed by atoms with Crippen molar-refractivity contribution in [2.75, 3.05) is 10.6 Å². The van der Waals surface area contributed by atoms with E-state index >= 15 is 0 Å². The average Bonchev–Trinajstić information content (AvgIpc) is 2.74. The molecule has 5 nitrogen and oxygen atoms in total. The number of benzene rings is 2. The molecule has 0 saturated heterocycles. The highest BCUT2D eigenvalue weighted by Crippen LogP contribution is 2.24. The van der Waals surface area contributed by atoms with Crippen molar-refractivity contribution in [2.24, 2.45) is 0 Å². The van der Waals surface area contributed by atoms with Gasteiger partial charge in [-0.1, -0.05) is 48.0 Å². The highest BCUT2D eigenvalue weighted by atomic mass is 35.5. The SMILES string of the molecule is Clc1cccc(Nc2cc(NCc3ccncc3)nc(-c3ccccc3)n2)c1. The number of nitrogens with zero attached hydrogens (tertiary/aromatic N) is 3. The van der Waals surface area contributed by atoms with Crippen molar-refractivity contribution in [2.45, 2.75) is 6.54 Å². The Balaban J connectivity index is 1.64. The summed E-state index contributed by atoms with van der Waals surface area (Å²) in [5.74, 6) is 2.06. The van der Waals surface area contributed by atoms with Gasteiger partial charge in [-0.3, -0.25) is 4.98 Å². The van der Waals surface area contributed by atoms with E-state index in [1.807, 2.05) is 72.8 Å². The number of nitrogens with one attached hydrogen (secondary N) is 2. The van der Waals surface area contributed by atoms with Gasteiger partial charge in [0.15, 0.2) is 5.82 Å². The molecule has 4 rings (SSSR count). The molecule has 0 aliphatic carbocycles. The summed E-state index contributed by atoms with van der Waals surface area (Å²) in [6.45, 7) is 0.643. The van der Waals surface area contributed by atoms with Crippen molar-refractivity contribution < 1.29 is 0 Å². The van der Waals surface area contributed by atoms with Crippen molar-refractivity contribution in [1.29, 1.82) is 0 Å². The first kappa shape index (κ1) is 17.9. The lowest BCUT2D eigenvalue weighted by Gasteiger charge is -2.12. The smallest absolute Gasteiger partial charge is 0.163 e. The summed E-state index contributed by atoms with van der Waals surface area (Å²) >= 11 is 6.10. The van der Waals surface area contributed by atoms with Gasteiger partial charge in [0.05, 0.1) is 0 Å². The first-order valence-corrected chi connectivity index (χ1v) is 9.24. The largest absolute Gasteiger partial charge is 0.366 e. The summed E-state index contributed by atoms with van der Waals surface area (Å²) in [4.78, 5) is 13.4. The van der Waals surface area contributed by atoms with Crippen molar-refractivity contribution in [1.82, 2.24) is 15.0 Å². The summed E-state index contributed by atoms with van der Waals surface area (Å²) < 4.78 is 0. The summed E-state index contributed by atoms with van der Waals surface area (Å²) in [6.07, 6.45) is 3.55. The van der Waals surface area contributed by atoms with Crippen molar-refractivity contribution in [3.63, 3.8) is 0 Å². The van der Waals surface area contributed by atoms with Gasteiger partial charge in [-0.2, -0.15) is 0 Å². The second kappa shape index (κ2) is 8.50. The summed E-state index contributed by atoms with van der Waals surface area (Å²) in [5.41, 5.74) is 2.94. The van der Waals surface area contributed by atoms with E-state index in [9.17, 15) is 0 Å².